The van der Waals surface area contributed by atoms with Gasteiger partial charge in [-0.2, -0.15) is 5.26 Å². The summed E-state index contributed by atoms with van der Waals surface area (Å²) in [4.78, 5) is 25.5. The molecule has 2 heterocycles. The van der Waals surface area contributed by atoms with Crippen molar-refractivity contribution in [3.8, 4) is 28.1 Å². The first-order chi connectivity index (χ1) is 16.0. The van der Waals surface area contributed by atoms with Crippen LogP contribution in [0.4, 0.5) is 0 Å². The second-order valence-electron chi connectivity index (χ2n) is 7.45. The van der Waals surface area contributed by atoms with Gasteiger partial charge in [-0.3, -0.25) is 4.79 Å². The molecule has 0 aliphatic carbocycles. The van der Waals surface area contributed by atoms with Gasteiger partial charge in [-0.15, -0.1) is 0 Å². The van der Waals surface area contributed by atoms with Crippen molar-refractivity contribution in [3.05, 3.63) is 88.4 Å². The van der Waals surface area contributed by atoms with E-state index in [1.807, 2.05) is 43.5 Å². The molecule has 0 radical (unpaired) electrons. The predicted octanol–water partition coefficient (Wildman–Crippen LogP) is 4.85. The van der Waals surface area contributed by atoms with Crippen LogP contribution in [0.3, 0.4) is 0 Å². The fourth-order valence-corrected chi connectivity index (χ4v) is 3.78. The topological polar surface area (TPSA) is 101 Å². The number of carbonyl (C=O) groups is 1. The molecule has 0 saturated carbocycles. The number of hydrogen-bond donors (Lipinski definition) is 1. The number of aryl methyl sites for hydroxylation is 2. The number of thiazole rings is 1. The van der Waals surface area contributed by atoms with E-state index in [0.717, 1.165) is 22.3 Å². The molecule has 0 unspecified atom stereocenters. The number of aromatic nitrogens is 3. The van der Waals surface area contributed by atoms with E-state index in [4.69, 9.17) is 4.74 Å². The molecule has 0 saturated heterocycles. The van der Waals surface area contributed by atoms with Gasteiger partial charge in [-0.25, -0.2) is 15.0 Å². The van der Waals surface area contributed by atoms with Crippen LogP contribution in [0.2, 0.25) is 0 Å². The number of amides is 1. The lowest BCUT2D eigenvalue weighted by molar-refractivity contribution is 0.0954. The molecule has 0 fully saturated rings. The molecule has 2 aromatic heterocycles. The predicted molar refractivity (Wildman–Crippen MR) is 126 cm³/mol. The summed E-state index contributed by atoms with van der Waals surface area (Å²) < 4.78 is 5.88. The first kappa shape index (κ1) is 22.1. The Kier molecular flexibility index (Phi) is 6.72. The lowest BCUT2D eigenvalue weighted by Gasteiger charge is -2.12. The number of nitriles is 1. The minimum absolute atomic E-state index is 0.237. The SMILES string of the molecule is Cc1ccc(-c2cc(Oc3nccs3)cc(C(=O)NCCc3cnc(C)nc3)c2)c(C#N)c1. The summed E-state index contributed by atoms with van der Waals surface area (Å²) in [6.07, 6.45) is 5.79. The van der Waals surface area contributed by atoms with Gasteiger partial charge in [-0.1, -0.05) is 23.5 Å². The Hall–Kier alpha value is -4.09. The number of ether oxygens (including phenoxy) is 1. The van der Waals surface area contributed by atoms with Gasteiger partial charge in [0.2, 0.25) is 0 Å². The second kappa shape index (κ2) is 10.0. The van der Waals surface area contributed by atoms with Crippen LogP contribution in [0.15, 0.2) is 60.4 Å². The lowest BCUT2D eigenvalue weighted by Crippen LogP contribution is -2.25. The van der Waals surface area contributed by atoms with Gasteiger partial charge in [0.25, 0.3) is 11.1 Å². The van der Waals surface area contributed by atoms with Crippen molar-refractivity contribution >= 4 is 17.2 Å². The smallest absolute Gasteiger partial charge is 0.278 e. The largest absolute Gasteiger partial charge is 0.431 e. The molecule has 164 valence electrons. The van der Waals surface area contributed by atoms with E-state index in [0.29, 0.717) is 40.9 Å². The van der Waals surface area contributed by atoms with Gasteiger partial charge < -0.3 is 10.1 Å². The Morgan fingerprint density at radius 3 is 2.67 bits per heavy atom. The number of nitrogens with zero attached hydrogens (tertiary/aromatic N) is 4. The van der Waals surface area contributed by atoms with E-state index in [2.05, 4.69) is 26.3 Å². The van der Waals surface area contributed by atoms with Crippen LogP contribution in [-0.2, 0) is 6.42 Å². The molecule has 1 N–H and O–H groups in total. The molecule has 1 amide bonds. The lowest BCUT2D eigenvalue weighted by atomic mass is 9.96. The van der Waals surface area contributed by atoms with Gasteiger partial charge in [0.05, 0.1) is 11.6 Å². The van der Waals surface area contributed by atoms with Crippen molar-refractivity contribution < 1.29 is 9.53 Å². The van der Waals surface area contributed by atoms with Crippen LogP contribution < -0.4 is 10.1 Å². The molecule has 4 rings (SSSR count). The molecule has 0 aliphatic heterocycles. The van der Waals surface area contributed by atoms with Crippen molar-refractivity contribution in [2.24, 2.45) is 0 Å². The molecule has 2 aromatic carbocycles. The first-order valence-electron chi connectivity index (χ1n) is 10.3. The summed E-state index contributed by atoms with van der Waals surface area (Å²) in [5.41, 5.74) is 4.36. The van der Waals surface area contributed by atoms with Crippen molar-refractivity contribution in [3.63, 3.8) is 0 Å². The summed E-state index contributed by atoms with van der Waals surface area (Å²) in [6, 6.07) is 13.1. The van der Waals surface area contributed by atoms with E-state index in [-0.39, 0.29) is 5.91 Å². The van der Waals surface area contributed by atoms with Crippen LogP contribution in [0.25, 0.3) is 11.1 Å². The van der Waals surface area contributed by atoms with Gasteiger partial charge in [0.1, 0.15) is 11.6 Å². The highest BCUT2D eigenvalue weighted by Gasteiger charge is 2.14. The maximum atomic E-state index is 13.0. The summed E-state index contributed by atoms with van der Waals surface area (Å²) in [7, 11) is 0. The molecule has 4 aromatic rings. The maximum absolute atomic E-state index is 13.0. The van der Waals surface area contributed by atoms with Crippen LogP contribution in [-0.4, -0.2) is 27.4 Å². The molecule has 0 spiro atoms. The van der Waals surface area contributed by atoms with E-state index in [1.165, 1.54) is 11.3 Å². The quantitative estimate of drug-likeness (QED) is 0.427. The average Bonchev–Trinajstić information content (AvgIpc) is 3.33. The van der Waals surface area contributed by atoms with Crippen molar-refractivity contribution in [1.82, 2.24) is 20.3 Å². The Labute approximate surface area is 195 Å². The first-order valence-corrected chi connectivity index (χ1v) is 11.2. The summed E-state index contributed by atoms with van der Waals surface area (Å²) >= 11 is 1.36. The maximum Gasteiger partial charge on any atom is 0.278 e. The highest BCUT2D eigenvalue weighted by Crippen LogP contribution is 2.32. The molecular weight excluding hydrogens is 434 g/mol. The molecule has 7 nitrogen and oxygen atoms in total. The number of hydrogen-bond acceptors (Lipinski definition) is 7. The van der Waals surface area contributed by atoms with E-state index < -0.39 is 0 Å². The van der Waals surface area contributed by atoms with E-state index in [9.17, 15) is 10.1 Å². The molecule has 8 heteroatoms. The highest BCUT2D eigenvalue weighted by molar-refractivity contribution is 7.11. The zero-order valence-corrected chi connectivity index (χ0v) is 19.0. The van der Waals surface area contributed by atoms with Gasteiger partial charge >= 0.3 is 0 Å². The van der Waals surface area contributed by atoms with E-state index >= 15 is 0 Å². The van der Waals surface area contributed by atoms with Crippen LogP contribution in [0.5, 0.6) is 10.9 Å². The van der Waals surface area contributed by atoms with Gasteiger partial charge in [0, 0.05) is 36.1 Å². The van der Waals surface area contributed by atoms with Gasteiger partial charge in [0.15, 0.2) is 0 Å². The molecule has 33 heavy (non-hydrogen) atoms. The Morgan fingerprint density at radius 1 is 1.12 bits per heavy atom. The molecule has 0 bridgehead atoms. The normalized spacial score (nSPS) is 10.5. The second-order valence-corrected chi connectivity index (χ2v) is 8.31. The van der Waals surface area contributed by atoms with Crippen molar-refractivity contribution in [1.29, 1.82) is 5.26 Å². The average molecular weight is 456 g/mol. The monoisotopic (exact) mass is 455 g/mol. The highest BCUT2D eigenvalue weighted by atomic mass is 32.1. The summed E-state index contributed by atoms with van der Waals surface area (Å²) in [6.45, 7) is 4.20. The van der Waals surface area contributed by atoms with E-state index in [1.54, 1.807) is 30.7 Å². The minimum Gasteiger partial charge on any atom is -0.431 e. The minimum atomic E-state index is -0.237. The fraction of sp³-hybridized carbons (Fsp3) is 0.160. The Balaban J connectivity index is 1.60. The summed E-state index contributed by atoms with van der Waals surface area (Å²) in [5.74, 6) is 0.948. The summed E-state index contributed by atoms with van der Waals surface area (Å²) in [5, 5.41) is 14.8. The number of nitrogens with one attached hydrogen (secondary N) is 1. The molecule has 0 aliphatic rings. The van der Waals surface area contributed by atoms with Crippen LogP contribution in [0, 0.1) is 25.2 Å². The van der Waals surface area contributed by atoms with Crippen molar-refractivity contribution in [2.75, 3.05) is 6.54 Å². The third kappa shape index (κ3) is 5.59. The zero-order chi connectivity index (χ0) is 23.2. The Morgan fingerprint density at radius 2 is 1.94 bits per heavy atom. The fourth-order valence-electron chi connectivity index (χ4n) is 3.28. The third-order valence-electron chi connectivity index (χ3n) is 4.92. The van der Waals surface area contributed by atoms with Gasteiger partial charge in [-0.05, 0) is 66.8 Å². The number of carbonyl (C=O) groups excluding carboxylic acids is 1. The van der Waals surface area contributed by atoms with Crippen LogP contribution in [0.1, 0.15) is 32.9 Å². The van der Waals surface area contributed by atoms with Crippen molar-refractivity contribution in [2.45, 2.75) is 20.3 Å². The molecular formula is C25H21N5O2S. The van der Waals surface area contributed by atoms with Crippen LogP contribution >= 0.6 is 11.3 Å². The number of benzene rings is 2. The molecule has 0 atom stereocenters. The standard InChI is InChI=1S/C25H21N5O2S/c1-16-3-4-23(21(9-16)13-26)19-10-20(12-22(11-19)32-25-28-7-8-33-25)24(31)27-6-5-18-14-29-17(2)30-15-18/h3-4,7-12,14-15H,5-6H2,1-2H3,(H,27,31). The zero-order valence-electron chi connectivity index (χ0n) is 18.2. The number of rotatable bonds is 7. The Bertz CT molecular complexity index is 1310. The third-order valence-corrected chi connectivity index (χ3v) is 5.57.